The van der Waals surface area contributed by atoms with Crippen LogP contribution in [0.4, 0.5) is 0 Å². The van der Waals surface area contributed by atoms with Gasteiger partial charge in [-0.25, -0.2) is 0 Å². The third-order valence-corrected chi connectivity index (χ3v) is 3.69. The predicted octanol–water partition coefficient (Wildman–Crippen LogP) is 3.45. The monoisotopic (exact) mass is 278 g/mol. The Bertz CT molecular complexity index is 375. The molecule has 1 aromatic rings. The molecule has 0 bridgehead atoms. The number of likely N-dealkylation sites (N-methyl/N-ethyl adjacent to an activating group) is 1. The van der Waals surface area contributed by atoms with Crippen LogP contribution in [0.5, 0.6) is 5.75 Å². The maximum Gasteiger partial charge on any atom is 0.119 e. The van der Waals surface area contributed by atoms with Gasteiger partial charge in [0.15, 0.2) is 0 Å². The van der Waals surface area contributed by atoms with Gasteiger partial charge in [-0.05, 0) is 44.5 Å². The second-order valence-electron chi connectivity index (χ2n) is 5.94. The summed E-state index contributed by atoms with van der Waals surface area (Å²) < 4.78 is 5.68. The molecule has 0 heterocycles. The van der Waals surface area contributed by atoms with E-state index in [1.807, 2.05) is 26.0 Å². The molecule has 2 unspecified atom stereocenters. The van der Waals surface area contributed by atoms with Gasteiger partial charge in [0.1, 0.15) is 5.75 Å². The van der Waals surface area contributed by atoms with Gasteiger partial charge >= 0.3 is 0 Å². The largest absolute Gasteiger partial charge is 0.491 e. The van der Waals surface area contributed by atoms with E-state index in [0.717, 1.165) is 12.3 Å². The van der Waals surface area contributed by atoms with Crippen LogP contribution in [0.2, 0.25) is 0 Å². The van der Waals surface area contributed by atoms with E-state index in [2.05, 4.69) is 37.9 Å². The molecule has 0 saturated carbocycles. The molecule has 0 radical (unpaired) electrons. The minimum atomic E-state index is 0.208. The van der Waals surface area contributed by atoms with Gasteiger partial charge < -0.3 is 10.5 Å². The van der Waals surface area contributed by atoms with Gasteiger partial charge in [0.25, 0.3) is 0 Å². The highest BCUT2D eigenvalue weighted by molar-refractivity contribution is 5.29. The number of rotatable bonds is 8. The highest BCUT2D eigenvalue weighted by Gasteiger charge is 2.17. The lowest BCUT2D eigenvalue weighted by Gasteiger charge is -2.29. The number of nitrogens with two attached hydrogens (primary N) is 1. The number of hydrogen-bond donors (Lipinski definition) is 1. The van der Waals surface area contributed by atoms with Crippen molar-refractivity contribution in [2.75, 3.05) is 20.1 Å². The van der Waals surface area contributed by atoms with E-state index in [9.17, 15) is 0 Å². The summed E-state index contributed by atoms with van der Waals surface area (Å²) >= 11 is 0. The molecule has 3 heteroatoms. The van der Waals surface area contributed by atoms with Crippen LogP contribution in [0, 0.1) is 5.92 Å². The van der Waals surface area contributed by atoms with Crippen molar-refractivity contribution in [1.82, 2.24) is 4.90 Å². The second-order valence-corrected chi connectivity index (χ2v) is 5.94. The molecule has 0 aliphatic carbocycles. The van der Waals surface area contributed by atoms with Crippen molar-refractivity contribution in [2.45, 2.75) is 46.3 Å². The molecule has 0 aliphatic rings. The normalized spacial score (nSPS) is 14.6. The summed E-state index contributed by atoms with van der Waals surface area (Å²) in [5.74, 6) is 1.61. The van der Waals surface area contributed by atoms with E-state index in [-0.39, 0.29) is 12.1 Å². The zero-order valence-electron chi connectivity index (χ0n) is 13.6. The first-order valence-electron chi connectivity index (χ1n) is 7.64. The summed E-state index contributed by atoms with van der Waals surface area (Å²) in [5, 5.41) is 0. The SMILES string of the molecule is CCC(C)CN(C)C(CN)c1ccc(OC(C)C)cc1. The van der Waals surface area contributed by atoms with E-state index >= 15 is 0 Å². The molecule has 1 aromatic carbocycles. The first-order valence-corrected chi connectivity index (χ1v) is 7.64. The molecule has 0 spiro atoms. The Kier molecular flexibility index (Phi) is 7.03. The fraction of sp³-hybridized carbons (Fsp3) is 0.647. The molecular weight excluding hydrogens is 248 g/mol. The second kappa shape index (κ2) is 8.28. The molecule has 1 rings (SSSR count). The minimum absolute atomic E-state index is 0.208. The number of ether oxygens (including phenoxy) is 1. The number of hydrogen-bond acceptors (Lipinski definition) is 3. The zero-order valence-corrected chi connectivity index (χ0v) is 13.6. The van der Waals surface area contributed by atoms with Gasteiger partial charge in [-0.3, -0.25) is 4.90 Å². The molecular formula is C17H30N2O. The molecule has 0 fully saturated rings. The van der Waals surface area contributed by atoms with Gasteiger partial charge in [-0.1, -0.05) is 32.4 Å². The summed E-state index contributed by atoms with van der Waals surface area (Å²) in [6.45, 7) is 10.3. The van der Waals surface area contributed by atoms with E-state index in [4.69, 9.17) is 10.5 Å². The van der Waals surface area contributed by atoms with Crippen molar-refractivity contribution in [3.05, 3.63) is 29.8 Å². The lowest BCUT2D eigenvalue weighted by molar-refractivity contribution is 0.214. The Morgan fingerprint density at radius 2 is 1.75 bits per heavy atom. The highest BCUT2D eigenvalue weighted by atomic mass is 16.5. The smallest absolute Gasteiger partial charge is 0.119 e. The zero-order chi connectivity index (χ0) is 15.1. The lowest BCUT2D eigenvalue weighted by Crippen LogP contribution is -2.33. The fourth-order valence-electron chi connectivity index (χ4n) is 2.36. The maximum atomic E-state index is 5.97. The van der Waals surface area contributed by atoms with Crippen molar-refractivity contribution >= 4 is 0 Å². The van der Waals surface area contributed by atoms with Crippen LogP contribution >= 0.6 is 0 Å². The third kappa shape index (κ3) is 5.14. The molecule has 2 atom stereocenters. The van der Waals surface area contributed by atoms with Crippen LogP contribution in [-0.2, 0) is 0 Å². The average molecular weight is 278 g/mol. The standard InChI is InChI=1S/C17H30N2O/c1-6-14(4)12-19(5)17(11-18)15-7-9-16(10-8-15)20-13(2)3/h7-10,13-14,17H,6,11-12,18H2,1-5H3. The Morgan fingerprint density at radius 1 is 1.15 bits per heavy atom. The Labute approximate surface area is 124 Å². The van der Waals surface area contributed by atoms with E-state index in [1.165, 1.54) is 12.0 Å². The van der Waals surface area contributed by atoms with Crippen molar-refractivity contribution in [3.8, 4) is 5.75 Å². The molecule has 2 N–H and O–H groups in total. The van der Waals surface area contributed by atoms with E-state index in [1.54, 1.807) is 0 Å². The maximum absolute atomic E-state index is 5.97. The van der Waals surface area contributed by atoms with Gasteiger partial charge in [0, 0.05) is 19.1 Å². The first kappa shape index (κ1) is 17.0. The van der Waals surface area contributed by atoms with Crippen molar-refractivity contribution < 1.29 is 4.74 Å². The Morgan fingerprint density at radius 3 is 2.20 bits per heavy atom. The van der Waals surface area contributed by atoms with E-state index in [0.29, 0.717) is 12.5 Å². The van der Waals surface area contributed by atoms with Crippen molar-refractivity contribution in [3.63, 3.8) is 0 Å². The molecule has 0 aliphatic heterocycles. The summed E-state index contributed by atoms with van der Waals surface area (Å²) in [7, 11) is 2.15. The van der Waals surface area contributed by atoms with Gasteiger partial charge in [0.05, 0.1) is 6.10 Å². The summed E-state index contributed by atoms with van der Waals surface area (Å²) in [6.07, 6.45) is 1.40. The fourth-order valence-corrected chi connectivity index (χ4v) is 2.36. The van der Waals surface area contributed by atoms with Crippen LogP contribution in [-0.4, -0.2) is 31.1 Å². The van der Waals surface area contributed by atoms with Crippen molar-refractivity contribution in [1.29, 1.82) is 0 Å². The van der Waals surface area contributed by atoms with Gasteiger partial charge in [-0.2, -0.15) is 0 Å². The van der Waals surface area contributed by atoms with Crippen LogP contribution in [0.1, 0.15) is 45.7 Å². The summed E-state index contributed by atoms with van der Waals surface area (Å²) in [4.78, 5) is 2.35. The lowest BCUT2D eigenvalue weighted by atomic mass is 10.0. The predicted molar refractivity (Wildman–Crippen MR) is 86.1 cm³/mol. The Balaban J connectivity index is 2.74. The van der Waals surface area contributed by atoms with Gasteiger partial charge in [0.2, 0.25) is 0 Å². The van der Waals surface area contributed by atoms with Gasteiger partial charge in [-0.15, -0.1) is 0 Å². The molecule has 114 valence electrons. The minimum Gasteiger partial charge on any atom is -0.491 e. The first-order chi connectivity index (χ1) is 9.47. The van der Waals surface area contributed by atoms with Crippen LogP contribution in [0.3, 0.4) is 0 Å². The highest BCUT2D eigenvalue weighted by Crippen LogP contribution is 2.23. The molecule has 20 heavy (non-hydrogen) atoms. The topological polar surface area (TPSA) is 38.5 Å². The molecule has 0 aromatic heterocycles. The van der Waals surface area contributed by atoms with Crippen LogP contribution < -0.4 is 10.5 Å². The van der Waals surface area contributed by atoms with Crippen LogP contribution in [0.15, 0.2) is 24.3 Å². The quantitative estimate of drug-likeness (QED) is 0.791. The van der Waals surface area contributed by atoms with E-state index < -0.39 is 0 Å². The molecule has 0 amide bonds. The molecule has 3 nitrogen and oxygen atoms in total. The Hall–Kier alpha value is -1.06. The number of benzene rings is 1. The summed E-state index contributed by atoms with van der Waals surface area (Å²) in [6, 6.07) is 8.60. The average Bonchev–Trinajstić information content (AvgIpc) is 2.40. The third-order valence-electron chi connectivity index (χ3n) is 3.69. The van der Waals surface area contributed by atoms with Crippen LogP contribution in [0.25, 0.3) is 0 Å². The molecule has 0 saturated heterocycles. The van der Waals surface area contributed by atoms with Crippen molar-refractivity contribution in [2.24, 2.45) is 11.7 Å². The summed E-state index contributed by atoms with van der Waals surface area (Å²) in [5.41, 5.74) is 7.23. The number of nitrogens with zero attached hydrogens (tertiary/aromatic N) is 1.